The Hall–Kier alpha value is -2.53. The Balaban J connectivity index is 1.93. The maximum absolute atomic E-state index is 12.0. The molecular weight excluding hydrogens is 318 g/mol. The molecule has 0 saturated heterocycles. The van der Waals surface area contributed by atoms with Crippen LogP contribution < -0.4 is 10.1 Å². The molecule has 23 heavy (non-hydrogen) atoms. The first kappa shape index (κ1) is 16.8. The van der Waals surface area contributed by atoms with Crippen molar-refractivity contribution < 1.29 is 19.1 Å². The maximum atomic E-state index is 12.0. The summed E-state index contributed by atoms with van der Waals surface area (Å²) in [6, 6.07) is 11.8. The monoisotopic (exact) mass is 333 g/mol. The third-order valence-corrected chi connectivity index (χ3v) is 3.52. The van der Waals surface area contributed by atoms with Crippen molar-refractivity contribution in [3.63, 3.8) is 0 Å². The second-order valence-corrected chi connectivity index (χ2v) is 5.20. The fraction of sp³-hybridized carbons (Fsp3) is 0.176. The van der Waals surface area contributed by atoms with Gasteiger partial charge in [-0.2, -0.15) is 0 Å². The molecule has 2 aromatic carbocycles. The molecule has 0 bridgehead atoms. The number of amides is 1. The Labute approximate surface area is 139 Å². The fourth-order valence-corrected chi connectivity index (χ4v) is 2.07. The Morgan fingerprint density at radius 1 is 1.17 bits per heavy atom. The van der Waals surface area contributed by atoms with Gasteiger partial charge in [-0.3, -0.25) is 4.79 Å². The number of hydrogen-bond donors (Lipinski definition) is 1. The van der Waals surface area contributed by atoms with Gasteiger partial charge in [0.2, 0.25) is 0 Å². The van der Waals surface area contributed by atoms with E-state index in [1.807, 2.05) is 6.92 Å². The number of para-hydroxylation sites is 1. The van der Waals surface area contributed by atoms with Crippen LogP contribution in [-0.2, 0) is 9.53 Å². The molecule has 0 saturated carbocycles. The van der Waals surface area contributed by atoms with Crippen molar-refractivity contribution in [2.45, 2.75) is 6.92 Å². The molecule has 0 unspecified atom stereocenters. The van der Waals surface area contributed by atoms with Crippen LogP contribution >= 0.6 is 11.6 Å². The molecule has 120 valence electrons. The zero-order chi connectivity index (χ0) is 16.8. The summed E-state index contributed by atoms with van der Waals surface area (Å²) in [7, 11) is 1.46. The van der Waals surface area contributed by atoms with Gasteiger partial charge in [0.25, 0.3) is 5.91 Å². The van der Waals surface area contributed by atoms with Crippen LogP contribution in [0.25, 0.3) is 0 Å². The van der Waals surface area contributed by atoms with E-state index in [4.69, 9.17) is 21.1 Å². The molecule has 0 radical (unpaired) electrons. The molecule has 6 heteroatoms. The quantitative estimate of drug-likeness (QED) is 0.851. The molecule has 0 aliphatic heterocycles. The van der Waals surface area contributed by atoms with Gasteiger partial charge in [0.05, 0.1) is 7.11 Å². The summed E-state index contributed by atoms with van der Waals surface area (Å²) in [5, 5.41) is 3.16. The van der Waals surface area contributed by atoms with Crippen molar-refractivity contribution in [2.75, 3.05) is 19.0 Å². The average molecular weight is 334 g/mol. The zero-order valence-electron chi connectivity index (χ0n) is 12.8. The van der Waals surface area contributed by atoms with Crippen LogP contribution in [-0.4, -0.2) is 25.6 Å². The molecule has 0 fully saturated rings. The minimum atomic E-state index is -0.625. The minimum Gasteiger partial charge on any atom is -0.496 e. The summed E-state index contributed by atoms with van der Waals surface area (Å²) in [6.45, 7) is 1.46. The van der Waals surface area contributed by atoms with Crippen LogP contribution in [0.3, 0.4) is 0 Å². The van der Waals surface area contributed by atoms with Crippen molar-refractivity contribution in [2.24, 2.45) is 0 Å². The van der Waals surface area contributed by atoms with E-state index in [1.54, 1.807) is 42.5 Å². The summed E-state index contributed by atoms with van der Waals surface area (Å²) in [5.74, 6) is -0.684. The molecule has 1 amide bonds. The second kappa shape index (κ2) is 7.65. The molecule has 5 nitrogen and oxygen atoms in total. The standard InChI is InChI=1S/C17H16ClNO4/c1-11-7-8-12(9-14(11)18)19-16(20)10-23-17(21)13-5-3-4-6-15(13)22-2/h3-9H,10H2,1-2H3,(H,19,20). The number of aryl methyl sites for hydroxylation is 1. The Morgan fingerprint density at radius 2 is 1.91 bits per heavy atom. The van der Waals surface area contributed by atoms with Crippen LogP contribution in [0.5, 0.6) is 5.75 Å². The van der Waals surface area contributed by atoms with Crippen LogP contribution in [0.1, 0.15) is 15.9 Å². The van der Waals surface area contributed by atoms with E-state index in [1.165, 1.54) is 7.11 Å². The normalized spacial score (nSPS) is 10.0. The highest BCUT2D eigenvalue weighted by Crippen LogP contribution is 2.20. The summed E-state index contributed by atoms with van der Waals surface area (Å²) < 4.78 is 10.1. The number of anilines is 1. The van der Waals surface area contributed by atoms with Gasteiger partial charge in [-0.05, 0) is 36.8 Å². The number of ether oxygens (including phenoxy) is 2. The molecule has 1 N–H and O–H groups in total. The van der Waals surface area contributed by atoms with E-state index in [0.29, 0.717) is 16.5 Å². The third kappa shape index (κ3) is 4.47. The van der Waals surface area contributed by atoms with Gasteiger partial charge in [-0.1, -0.05) is 29.8 Å². The van der Waals surface area contributed by atoms with Gasteiger partial charge in [-0.15, -0.1) is 0 Å². The molecule has 0 aliphatic rings. The molecule has 0 spiro atoms. The Bertz CT molecular complexity index is 730. The molecular formula is C17H16ClNO4. The number of halogens is 1. The van der Waals surface area contributed by atoms with Crippen LogP contribution in [0.4, 0.5) is 5.69 Å². The summed E-state index contributed by atoms with van der Waals surface area (Å²) in [5.41, 5.74) is 1.72. The number of carbonyl (C=O) groups excluding carboxylic acids is 2. The first-order valence-corrected chi connectivity index (χ1v) is 7.25. The number of esters is 1. The topological polar surface area (TPSA) is 64.6 Å². The first-order chi connectivity index (χ1) is 11.0. The first-order valence-electron chi connectivity index (χ1n) is 6.87. The van der Waals surface area contributed by atoms with E-state index < -0.39 is 18.5 Å². The summed E-state index contributed by atoms with van der Waals surface area (Å²) in [4.78, 5) is 23.8. The number of carbonyl (C=O) groups is 2. The van der Waals surface area contributed by atoms with Crippen molar-refractivity contribution in [3.8, 4) is 5.75 Å². The van der Waals surface area contributed by atoms with Gasteiger partial charge < -0.3 is 14.8 Å². The van der Waals surface area contributed by atoms with E-state index in [0.717, 1.165) is 5.56 Å². The largest absolute Gasteiger partial charge is 0.496 e. The van der Waals surface area contributed by atoms with Crippen molar-refractivity contribution in [3.05, 3.63) is 58.6 Å². The zero-order valence-corrected chi connectivity index (χ0v) is 13.5. The maximum Gasteiger partial charge on any atom is 0.342 e. The molecule has 0 aromatic heterocycles. The lowest BCUT2D eigenvalue weighted by Crippen LogP contribution is -2.21. The number of benzene rings is 2. The number of methoxy groups -OCH3 is 1. The number of rotatable bonds is 5. The van der Waals surface area contributed by atoms with Gasteiger partial charge >= 0.3 is 5.97 Å². The van der Waals surface area contributed by atoms with Gasteiger partial charge in [-0.25, -0.2) is 4.79 Å². The third-order valence-electron chi connectivity index (χ3n) is 3.12. The molecule has 2 rings (SSSR count). The number of hydrogen-bond acceptors (Lipinski definition) is 4. The van der Waals surface area contributed by atoms with E-state index in [-0.39, 0.29) is 5.56 Å². The smallest absolute Gasteiger partial charge is 0.342 e. The number of nitrogens with one attached hydrogen (secondary N) is 1. The van der Waals surface area contributed by atoms with E-state index >= 15 is 0 Å². The minimum absolute atomic E-state index is 0.265. The predicted molar refractivity (Wildman–Crippen MR) is 88.1 cm³/mol. The molecule has 0 aliphatic carbocycles. The average Bonchev–Trinajstić information content (AvgIpc) is 2.56. The molecule has 0 atom stereocenters. The van der Waals surface area contributed by atoms with Crippen LogP contribution in [0.2, 0.25) is 5.02 Å². The van der Waals surface area contributed by atoms with Crippen LogP contribution in [0.15, 0.2) is 42.5 Å². The molecule has 2 aromatic rings. The highest BCUT2D eigenvalue weighted by atomic mass is 35.5. The van der Waals surface area contributed by atoms with Crippen molar-refractivity contribution in [1.29, 1.82) is 0 Å². The van der Waals surface area contributed by atoms with Gasteiger partial charge in [0.1, 0.15) is 11.3 Å². The highest BCUT2D eigenvalue weighted by molar-refractivity contribution is 6.31. The van der Waals surface area contributed by atoms with Gasteiger partial charge in [0.15, 0.2) is 6.61 Å². The van der Waals surface area contributed by atoms with Crippen LogP contribution in [0, 0.1) is 6.92 Å². The lowest BCUT2D eigenvalue weighted by molar-refractivity contribution is -0.119. The van der Waals surface area contributed by atoms with Crippen molar-refractivity contribution in [1.82, 2.24) is 0 Å². The summed E-state index contributed by atoms with van der Waals surface area (Å²) >= 11 is 5.99. The SMILES string of the molecule is COc1ccccc1C(=O)OCC(=O)Nc1ccc(C)c(Cl)c1. The van der Waals surface area contributed by atoms with E-state index in [9.17, 15) is 9.59 Å². The molecule has 0 heterocycles. The lowest BCUT2D eigenvalue weighted by atomic mass is 10.2. The van der Waals surface area contributed by atoms with Gasteiger partial charge in [0, 0.05) is 10.7 Å². The van der Waals surface area contributed by atoms with E-state index in [2.05, 4.69) is 5.32 Å². The Morgan fingerprint density at radius 3 is 2.61 bits per heavy atom. The summed E-state index contributed by atoms with van der Waals surface area (Å²) in [6.07, 6.45) is 0. The van der Waals surface area contributed by atoms with Crippen molar-refractivity contribution >= 4 is 29.2 Å². The fourth-order valence-electron chi connectivity index (χ4n) is 1.89. The Kier molecular flexibility index (Phi) is 5.60. The highest BCUT2D eigenvalue weighted by Gasteiger charge is 2.14. The lowest BCUT2D eigenvalue weighted by Gasteiger charge is -2.09. The second-order valence-electron chi connectivity index (χ2n) is 4.79. The predicted octanol–water partition coefficient (Wildman–Crippen LogP) is 3.45.